The third-order valence-electron chi connectivity index (χ3n) is 8.92. The van der Waals surface area contributed by atoms with E-state index in [9.17, 15) is 14.0 Å². The molecule has 4 unspecified atom stereocenters. The molecule has 142 valence electrons. The second-order valence-corrected chi connectivity index (χ2v) is 10.2. The number of hydrogen-bond acceptors (Lipinski definition) is 2. The number of nitrogens with zero attached hydrogens (tertiary/aromatic N) is 2. The average Bonchev–Trinajstić information content (AvgIpc) is 3.00. The molecular formula is C21H29FN2O2. The standard InChI is InChI=1S/C21H29FN2O2/c22-16-8-13-9-17(16)24(18(13)19(25)23-10-14-7-15(14)11-23)20(26)21-4-1-12(2-5-21)3-6-21/h12-18H,1-11H2/t12?,13?,14?,15?,16-,17?,18-,21?/m0/s1. The van der Waals surface area contributed by atoms with Gasteiger partial charge in [0.1, 0.15) is 12.2 Å². The smallest absolute Gasteiger partial charge is 0.245 e. The van der Waals surface area contributed by atoms with Gasteiger partial charge in [-0.2, -0.15) is 0 Å². The predicted molar refractivity (Wildman–Crippen MR) is 93.8 cm³/mol. The molecule has 4 nitrogen and oxygen atoms in total. The van der Waals surface area contributed by atoms with E-state index in [1.54, 1.807) is 4.90 Å². The van der Waals surface area contributed by atoms with Gasteiger partial charge in [0.2, 0.25) is 11.8 Å². The Bertz CT molecular complexity index is 635. The van der Waals surface area contributed by atoms with Crippen LogP contribution in [0.3, 0.4) is 0 Å². The average molecular weight is 360 g/mol. The lowest BCUT2D eigenvalue weighted by molar-refractivity contribution is -0.161. The SMILES string of the molecule is O=C([C@@H]1C2CC([C@@H](F)C2)N1C(=O)C12CCC(CC1)CC2)N1CC2CC2C1. The second kappa shape index (κ2) is 5.23. The van der Waals surface area contributed by atoms with Crippen molar-refractivity contribution in [1.29, 1.82) is 0 Å². The van der Waals surface area contributed by atoms with E-state index in [0.717, 1.165) is 57.5 Å². The molecule has 2 amide bonds. The Balaban J connectivity index is 1.29. The zero-order chi connectivity index (χ0) is 17.6. The lowest BCUT2D eigenvalue weighted by Gasteiger charge is -2.49. The van der Waals surface area contributed by atoms with Gasteiger partial charge in [-0.3, -0.25) is 9.59 Å². The fourth-order valence-electron chi connectivity index (χ4n) is 7.19. The number of halogens is 1. The van der Waals surface area contributed by atoms with Crippen molar-refractivity contribution in [3.05, 3.63) is 0 Å². The Morgan fingerprint density at radius 3 is 2.19 bits per heavy atom. The fourth-order valence-corrected chi connectivity index (χ4v) is 7.19. The number of fused-ring (bicyclic) bond motifs is 6. The molecule has 0 aromatic rings. The van der Waals surface area contributed by atoms with Crippen molar-refractivity contribution in [2.75, 3.05) is 13.1 Å². The van der Waals surface area contributed by atoms with Gasteiger partial charge in [0.25, 0.3) is 0 Å². The van der Waals surface area contributed by atoms with Crippen LogP contribution in [0.1, 0.15) is 57.8 Å². The summed E-state index contributed by atoms with van der Waals surface area (Å²) >= 11 is 0. The van der Waals surface area contributed by atoms with E-state index < -0.39 is 6.17 Å². The van der Waals surface area contributed by atoms with Crippen LogP contribution in [-0.4, -0.2) is 53.0 Å². The molecular weight excluding hydrogens is 331 g/mol. The van der Waals surface area contributed by atoms with Crippen molar-refractivity contribution in [3.8, 4) is 0 Å². The first-order chi connectivity index (χ1) is 12.6. The first-order valence-corrected chi connectivity index (χ1v) is 10.8. The molecule has 7 fully saturated rings. The number of carbonyl (C=O) groups excluding carboxylic acids is 2. The third-order valence-corrected chi connectivity index (χ3v) is 8.92. The predicted octanol–water partition coefficient (Wildman–Crippen LogP) is 2.76. The minimum Gasteiger partial charge on any atom is -0.340 e. The van der Waals surface area contributed by atoms with Crippen molar-refractivity contribution >= 4 is 11.8 Å². The van der Waals surface area contributed by atoms with Gasteiger partial charge in [0.15, 0.2) is 0 Å². The largest absolute Gasteiger partial charge is 0.340 e. The van der Waals surface area contributed by atoms with Crippen molar-refractivity contribution in [2.45, 2.75) is 76.0 Å². The monoisotopic (exact) mass is 360 g/mol. The maximum atomic E-state index is 14.6. The third kappa shape index (κ3) is 2.06. The Hall–Kier alpha value is -1.13. The van der Waals surface area contributed by atoms with Gasteiger partial charge >= 0.3 is 0 Å². The van der Waals surface area contributed by atoms with Crippen LogP contribution >= 0.6 is 0 Å². The number of rotatable bonds is 2. The van der Waals surface area contributed by atoms with Crippen molar-refractivity contribution in [1.82, 2.24) is 9.80 Å². The highest BCUT2D eigenvalue weighted by Gasteiger charge is 2.61. The van der Waals surface area contributed by atoms with Gasteiger partial charge in [-0.25, -0.2) is 4.39 Å². The molecule has 0 aromatic carbocycles. The molecule has 6 atom stereocenters. The summed E-state index contributed by atoms with van der Waals surface area (Å²) in [6.07, 6.45) is 7.78. The summed E-state index contributed by atoms with van der Waals surface area (Å²) in [5, 5.41) is 0. The molecule has 7 aliphatic rings. The van der Waals surface area contributed by atoms with E-state index in [4.69, 9.17) is 0 Å². The van der Waals surface area contributed by atoms with Crippen LogP contribution < -0.4 is 0 Å². The number of carbonyl (C=O) groups is 2. The lowest BCUT2D eigenvalue weighted by Crippen LogP contribution is -2.60. The summed E-state index contributed by atoms with van der Waals surface area (Å²) in [7, 11) is 0. The number of piperidine rings is 2. The van der Waals surface area contributed by atoms with E-state index >= 15 is 0 Å². The molecule has 26 heavy (non-hydrogen) atoms. The minimum absolute atomic E-state index is 0.0414. The van der Waals surface area contributed by atoms with Crippen LogP contribution in [-0.2, 0) is 9.59 Å². The zero-order valence-corrected chi connectivity index (χ0v) is 15.4. The van der Waals surface area contributed by atoms with Gasteiger partial charge in [-0.15, -0.1) is 0 Å². The van der Waals surface area contributed by atoms with Gasteiger partial charge in [-0.05, 0) is 81.5 Å². The molecule has 7 rings (SSSR count). The van der Waals surface area contributed by atoms with Gasteiger partial charge in [0, 0.05) is 18.5 Å². The Labute approximate surface area is 154 Å². The molecule has 0 aromatic heterocycles. The van der Waals surface area contributed by atoms with Gasteiger partial charge in [0.05, 0.1) is 6.04 Å². The van der Waals surface area contributed by atoms with Gasteiger partial charge in [-0.1, -0.05) is 0 Å². The molecule has 0 N–H and O–H groups in total. The highest BCUT2D eigenvalue weighted by molar-refractivity contribution is 5.92. The lowest BCUT2D eigenvalue weighted by atomic mass is 9.60. The Kier molecular flexibility index (Phi) is 3.19. The maximum Gasteiger partial charge on any atom is 0.245 e. The molecule has 2 heterocycles. The molecule has 5 heteroatoms. The quantitative estimate of drug-likeness (QED) is 0.760. The molecule has 5 saturated carbocycles. The van der Waals surface area contributed by atoms with Crippen LogP contribution in [0.25, 0.3) is 0 Å². The normalized spacial score (nSPS) is 51.0. The van der Waals surface area contributed by atoms with Gasteiger partial charge < -0.3 is 9.80 Å². The maximum absolute atomic E-state index is 14.6. The highest BCUT2D eigenvalue weighted by atomic mass is 19.1. The summed E-state index contributed by atoms with van der Waals surface area (Å²) in [4.78, 5) is 30.8. The van der Waals surface area contributed by atoms with E-state index in [2.05, 4.69) is 0 Å². The molecule has 2 saturated heterocycles. The number of likely N-dealkylation sites (tertiary alicyclic amines) is 2. The Morgan fingerprint density at radius 2 is 1.54 bits per heavy atom. The number of amides is 2. The van der Waals surface area contributed by atoms with Crippen molar-refractivity contribution in [2.24, 2.45) is 29.1 Å². The summed E-state index contributed by atoms with van der Waals surface area (Å²) in [6.45, 7) is 1.73. The van der Waals surface area contributed by atoms with Crippen LogP contribution in [0.4, 0.5) is 4.39 Å². The molecule has 0 spiro atoms. The molecule has 0 radical (unpaired) electrons. The van der Waals surface area contributed by atoms with Crippen molar-refractivity contribution in [3.63, 3.8) is 0 Å². The van der Waals surface area contributed by atoms with E-state index in [-0.39, 0.29) is 35.2 Å². The first kappa shape index (κ1) is 15.9. The van der Waals surface area contributed by atoms with Crippen molar-refractivity contribution < 1.29 is 14.0 Å². The first-order valence-electron chi connectivity index (χ1n) is 10.8. The second-order valence-electron chi connectivity index (χ2n) is 10.2. The summed E-state index contributed by atoms with van der Waals surface area (Å²) < 4.78 is 14.6. The van der Waals surface area contributed by atoms with Crippen LogP contribution in [0.5, 0.6) is 0 Å². The van der Waals surface area contributed by atoms with E-state index in [1.807, 2.05) is 4.90 Å². The number of alkyl halides is 1. The summed E-state index contributed by atoms with van der Waals surface area (Å²) in [6, 6.07) is -0.710. The van der Waals surface area contributed by atoms with Crippen LogP contribution in [0, 0.1) is 29.1 Å². The van der Waals surface area contributed by atoms with Crippen LogP contribution in [0.2, 0.25) is 0 Å². The fraction of sp³-hybridized carbons (Fsp3) is 0.905. The van der Waals surface area contributed by atoms with E-state index in [0.29, 0.717) is 24.7 Å². The Morgan fingerprint density at radius 1 is 0.885 bits per heavy atom. The summed E-state index contributed by atoms with van der Waals surface area (Å²) in [5.74, 6) is 2.49. The van der Waals surface area contributed by atoms with Crippen LogP contribution in [0.15, 0.2) is 0 Å². The molecule has 4 bridgehead atoms. The molecule has 5 aliphatic carbocycles. The topological polar surface area (TPSA) is 40.6 Å². The van der Waals surface area contributed by atoms with E-state index in [1.165, 1.54) is 6.42 Å². The molecule has 2 aliphatic heterocycles. The highest BCUT2D eigenvalue weighted by Crippen LogP contribution is 2.55. The zero-order valence-electron chi connectivity index (χ0n) is 15.4. The summed E-state index contributed by atoms with van der Waals surface area (Å²) in [5.41, 5.74) is -0.287. The minimum atomic E-state index is -0.934. The number of hydrogen-bond donors (Lipinski definition) is 0.